The van der Waals surface area contributed by atoms with Crippen molar-refractivity contribution in [2.75, 3.05) is 53.4 Å². The van der Waals surface area contributed by atoms with E-state index >= 15 is 0 Å². The van der Waals surface area contributed by atoms with Crippen molar-refractivity contribution in [3.63, 3.8) is 0 Å². The van der Waals surface area contributed by atoms with Gasteiger partial charge in [0.2, 0.25) is 0 Å². The van der Waals surface area contributed by atoms with Crippen LogP contribution < -0.4 is 5.32 Å². The second-order valence-electron chi connectivity index (χ2n) is 10.7. The maximum absolute atomic E-state index is 3.64. The number of nitrogens with one attached hydrogen (secondary N) is 1. The normalized spacial score (nSPS) is 11.8. The van der Waals surface area contributed by atoms with Crippen LogP contribution in [0.5, 0.6) is 0 Å². The number of unbranched alkanes of at least 4 members (excludes halogenated alkanes) is 18. The Hall–Kier alpha value is -0.120. The molecule has 0 fully saturated rings. The molecule has 33 heavy (non-hydrogen) atoms. The van der Waals surface area contributed by atoms with Gasteiger partial charge in [-0.15, -0.1) is 0 Å². The predicted molar refractivity (Wildman–Crippen MR) is 152 cm³/mol. The minimum absolute atomic E-state index is 1.13. The fourth-order valence-corrected chi connectivity index (χ4v) is 4.54. The molecule has 0 aliphatic rings. The van der Waals surface area contributed by atoms with Crippen LogP contribution in [-0.2, 0) is 0 Å². The van der Waals surface area contributed by atoms with Crippen molar-refractivity contribution in [2.24, 2.45) is 0 Å². The van der Waals surface area contributed by atoms with E-state index in [2.05, 4.69) is 43.1 Å². The highest BCUT2D eigenvalue weighted by molar-refractivity contribution is 4.59. The monoisotopic (exact) mass is 468 g/mol. The summed E-state index contributed by atoms with van der Waals surface area (Å²) in [5.41, 5.74) is 0. The third-order valence-electron chi connectivity index (χ3n) is 7.13. The molecule has 3 heteroatoms. The molecule has 0 saturated heterocycles. The third-order valence-corrected chi connectivity index (χ3v) is 7.13. The van der Waals surface area contributed by atoms with Crippen LogP contribution in [0.15, 0.2) is 0 Å². The molecule has 0 radical (unpaired) electrons. The Morgan fingerprint density at radius 2 is 0.727 bits per heavy atom. The summed E-state index contributed by atoms with van der Waals surface area (Å²) in [6.45, 7) is 11.7. The maximum Gasteiger partial charge on any atom is 0.0107 e. The molecule has 0 aromatic heterocycles. The lowest BCUT2D eigenvalue weighted by atomic mass is 10.0. The minimum Gasteiger partial charge on any atom is -0.315 e. The molecule has 0 bridgehead atoms. The molecule has 0 aliphatic heterocycles. The predicted octanol–water partition coefficient (Wildman–Crippen LogP) is 8.28. The molecule has 0 heterocycles. The van der Waals surface area contributed by atoms with Crippen LogP contribution >= 0.6 is 0 Å². The molecule has 0 rings (SSSR count). The number of hydrogen-bond acceptors (Lipinski definition) is 3. The molecule has 0 spiro atoms. The molecule has 0 amide bonds. The lowest BCUT2D eigenvalue weighted by Crippen LogP contribution is -2.35. The van der Waals surface area contributed by atoms with E-state index in [0.29, 0.717) is 0 Å². The van der Waals surface area contributed by atoms with Gasteiger partial charge in [0.15, 0.2) is 0 Å². The van der Waals surface area contributed by atoms with Crippen LogP contribution in [0.1, 0.15) is 142 Å². The second-order valence-corrected chi connectivity index (χ2v) is 10.7. The van der Waals surface area contributed by atoms with Crippen molar-refractivity contribution < 1.29 is 0 Å². The molecule has 0 aliphatic carbocycles. The van der Waals surface area contributed by atoms with E-state index in [-0.39, 0.29) is 0 Å². The summed E-state index contributed by atoms with van der Waals surface area (Å²) in [7, 11) is 4.51. The first-order chi connectivity index (χ1) is 16.2. The van der Waals surface area contributed by atoms with E-state index in [1.807, 2.05) is 0 Å². The first-order valence-electron chi connectivity index (χ1n) is 15.3. The van der Waals surface area contributed by atoms with E-state index in [1.54, 1.807) is 0 Å². The maximum atomic E-state index is 3.64. The Morgan fingerprint density at radius 1 is 0.364 bits per heavy atom. The Bertz CT molecular complexity index is 347. The Kier molecular flexibility index (Phi) is 28.0. The van der Waals surface area contributed by atoms with Gasteiger partial charge in [0, 0.05) is 26.2 Å². The van der Waals surface area contributed by atoms with Gasteiger partial charge in [-0.1, -0.05) is 129 Å². The molecule has 200 valence electrons. The van der Waals surface area contributed by atoms with Gasteiger partial charge in [-0.3, -0.25) is 0 Å². The van der Waals surface area contributed by atoms with Crippen molar-refractivity contribution in [1.29, 1.82) is 0 Å². The van der Waals surface area contributed by atoms with Crippen LogP contribution in [0, 0.1) is 0 Å². The lowest BCUT2D eigenvalue weighted by Gasteiger charge is -2.22. The standard InChI is InChI=1S/C30H65N3/c1-5-7-9-10-11-12-13-14-15-16-17-18-19-20-21-22-23-24-25-31-26-28-33(4)30-29-32(3)27-8-6-2/h31H,5-30H2,1-4H3. The lowest BCUT2D eigenvalue weighted by molar-refractivity contribution is 0.254. The summed E-state index contributed by atoms with van der Waals surface area (Å²) < 4.78 is 0. The van der Waals surface area contributed by atoms with Gasteiger partial charge in [-0.05, 0) is 40.0 Å². The smallest absolute Gasteiger partial charge is 0.0107 e. The highest BCUT2D eigenvalue weighted by Gasteiger charge is 2.01. The first-order valence-corrected chi connectivity index (χ1v) is 15.3. The van der Waals surface area contributed by atoms with Crippen LogP contribution in [0.25, 0.3) is 0 Å². The SMILES string of the molecule is CCCCCCCCCCCCCCCCCCCCNCCN(C)CCN(C)CCCC. The fourth-order valence-electron chi connectivity index (χ4n) is 4.54. The fraction of sp³-hybridized carbons (Fsp3) is 1.00. The van der Waals surface area contributed by atoms with Gasteiger partial charge in [0.25, 0.3) is 0 Å². The summed E-state index contributed by atoms with van der Waals surface area (Å²) in [5.74, 6) is 0. The summed E-state index contributed by atoms with van der Waals surface area (Å²) in [5, 5.41) is 3.64. The van der Waals surface area contributed by atoms with Crippen LogP contribution in [0.3, 0.4) is 0 Å². The molecule has 0 atom stereocenters. The molecule has 0 aromatic rings. The highest BCUT2D eigenvalue weighted by atomic mass is 15.2. The third kappa shape index (κ3) is 28.0. The Morgan fingerprint density at radius 3 is 1.15 bits per heavy atom. The number of likely N-dealkylation sites (N-methyl/N-ethyl adjacent to an activating group) is 2. The molecule has 0 aromatic carbocycles. The average Bonchev–Trinajstić information content (AvgIpc) is 2.82. The largest absolute Gasteiger partial charge is 0.315 e. The van der Waals surface area contributed by atoms with Gasteiger partial charge in [0.05, 0.1) is 0 Å². The zero-order chi connectivity index (χ0) is 24.2. The van der Waals surface area contributed by atoms with Crippen molar-refractivity contribution in [2.45, 2.75) is 142 Å². The number of hydrogen-bond donors (Lipinski definition) is 1. The van der Waals surface area contributed by atoms with Crippen molar-refractivity contribution in [3.05, 3.63) is 0 Å². The summed E-state index contributed by atoms with van der Waals surface area (Å²) in [6, 6.07) is 0. The average molecular weight is 468 g/mol. The van der Waals surface area contributed by atoms with E-state index in [4.69, 9.17) is 0 Å². The van der Waals surface area contributed by atoms with Gasteiger partial charge < -0.3 is 15.1 Å². The molecule has 0 saturated carbocycles. The highest BCUT2D eigenvalue weighted by Crippen LogP contribution is 2.14. The molecule has 1 N–H and O–H groups in total. The van der Waals surface area contributed by atoms with E-state index < -0.39 is 0 Å². The van der Waals surface area contributed by atoms with Crippen LogP contribution in [0.4, 0.5) is 0 Å². The van der Waals surface area contributed by atoms with Gasteiger partial charge in [0.1, 0.15) is 0 Å². The summed E-state index contributed by atoms with van der Waals surface area (Å²) in [4.78, 5) is 4.93. The van der Waals surface area contributed by atoms with Gasteiger partial charge in [-0.25, -0.2) is 0 Å². The Balaban J connectivity index is 3.14. The van der Waals surface area contributed by atoms with E-state index in [0.717, 1.165) is 6.54 Å². The Labute approximate surface area is 210 Å². The van der Waals surface area contributed by atoms with E-state index in [9.17, 15) is 0 Å². The second kappa shape index (κ2) is 28.1. The van der Waals surface area contributed by atoms with Crippen molar-refractivity contribution in [3.8, 4) is 0 Å². The van der Waals surface area contributed by atoms with Crippen LogP contribution in [0.2, 0.25) is 0 Å². The zero-order valence-corrected chi connectivity index (χ0v) is 23.8. The zero-order valence-electron chi connectivity index (χ0n) is 23.8. The quantitative estimate of drug-likeness (QED) is 0.117. The molecular formula is C30H65N3. The van der Waals surface area contributed by atoms with Crippen molar-refractivity contribution in [1.82, 2.24) is 15.1 Å². The minimum atomic E-state index is 1.13. The number of rotatable bonds is 28. The first kappa shape index (κ1) is 32.9. The van der Waals surface area contributed by atoms with Crippen LogP contribution in [-0.4, -0.2) is 63.2 Å². The number of nitrogens with zero attached hydrogens (tertiary/aromatic N) is 2. The summed E-state index contributed by atoms with van der Waals surface area (Å²) >= 11 is 0. The summed E-state index contributed by atoms with van der Waals surface area (Å²) in [6.07, 6.45) is 28.7. The van der Waals surface area contributed by atoms with Crippen molar-refractivity contribution >= 4 is 0 Å². The van der Waals surface area contributed by atoms with E-state index in [1.165, 1.54) is 161 Å². The molecule has 0 unspecified atom stereocenters. The van der Waals surface area contributed by atoms with Gasteiger partial charge >= 0.3 is 0 Å². The molecular weight excluding hydrogens is 402 g/mol. The topological polar surface area (TPSA) is 18.5 Å². The van der Waals surface area contributed by atoms with Gasteiger partial charge in [-0.2, -0.15) is 0 Å². The molecule has 3 nitrogen and oxygen atoms in total.